The summed E-state index contributed by atoms with van der Waals surface area (Å²) < 4.78 is 7.60. The summed E-state index contributed by atoms with van der Waals surface area (Å²) in [6.45, 7) is 5.52. The lowest BCUT2D eigenvalue weighted by atomic mass is 10.1. The van der Waals surface area contributed by atoms with E-state index < -0.39 is 0 Å². The Hall–Kier alpha value is -3.49. The van der Waals surface area contributed by atoms with Gasteiger partial charge in [-0.2, -0.15) is 0 Å². The Bertz CT molecular complexity index is 1340. The number of hydrogen-bond donors (Lipinski definition) is 2. The molecule has 0 unspecified atom stereocenters. The van der Waals surface area contributed by atoms with Gasteiger partial charge in [0.1, 0.15) is 0 Å². The fourth-order valence-electron chi connectivity index (χ4n) is 4.63. The number of para-hydroxylation sites is 2. The quantitative estimate of drug-likeness (QED) is 0.383. The summed E-state index contributed by atoms with van der Waals surface area (Å²) in [6.07, 6.45) is 5.08. The lowest BCUT2D eigenvalue weighted by Gasteiger charge is -2.26. The SMILES string of the molecule is O=C(NC1CC1)c1ccc(-c2cnc3c(NCCCN4CCOCC4)nc4ccccc4n23)cc1. The third kappa shape index (κ3) is 4.72. The number of nitrogens with one attached hydrogen (secondary N) is 2. The second-order valence-corrected chi connectivity index (χ2v) is 9.31. The van der Waals surface area contributed by atoms with Crippen molar-refractivity contribution >= 4 is 28.4 Å². The number of nitrogens with zero attached hydrogens (tertiary/aromatic N) is 4. The molecule has 1 amide bonds. The second-order valence-electron chi connectivity index (χ2n) is 9.31. The molecule has 2 aromatic heterocycles. The molecule has 2 fully saturated rings. The molecule has 6 rings (SSSR count). The topological polar surface area (TPSA) is 83.8 Å². The number of ether oxygens (including phenoxy) is 1. The predicted molar refractivity (Wildman–Crippen MR) is 137 cm³/mol. The molecule has 1 saturated heterocycles. The average Bonchev–Trinajstić information content (AvgIpc) is 3.60. The Morgan fingerprint density at radius 1 is 1.06 bits per heavy atom. The smallest absolute Gasteiger partial charge is 0.251 e. The zero-order valence-electron chi connectivity index (χ0n) is 19.7. The Morgan fingerprint density at radius 3 is 2.66 bits per heavy atom. The minimum Gasteiger partial charge on any atom is -0.379 e. The monoisotopic (exact) mass is 470 g/mol. The summed E-state index contributed by atoms with van der Waals surface area (Å²) in [5, 5.41) is 6.58. The van der Waals surface area contributed by atoms with Crippen molar-refractivity contribution in [1.82, 2.24) is 24.6 Å². The van der Waals surface area contributed by atoms with Gasteiger partial charge in [0, 0.05) is 36.8 Å². The minimum absolute atomic E-state index is 0.00425. The van der Waals surface area contributed by atoms with Crippen LogP contribution < -0.4 is 10.6 Å². The normalized spacial score (nSPS) is 16.6. The Morgan fingerprint density at radius 2 is 1.86 bits per heavy atom. The first-order chi connectivity index (χ1) is 17.3. The number of rotatable bonds is 8. The van der Waals surface area contributed by atoms with Crippen LogP contribution in [-0.2, 0) is 4.74 Å². The summed E-state index contributed by atoms with van der Waals surface area (Å²) in [6, 6.07) is 16.2. The number of morpholine rings is 1. The number of imidazole rings is 1. The first-order valence-electron chi connectivity index (χ1n) is 12.5. The molecule has 4 aromatic rings. The fraction of sp³-hybridized carbons (Fsp3) is 0.370. The number of carbonyl (C=O) groups is 1. The van der Waals surface area contributed by atoms with Crippen molar-refractivity contribution in [3.05, 3.63) is 60.3 Å². The number of hydrogen-bond acceptors (Lipinski definition) is 6. The van der Waals surface area contributed by atoms with Crippen LogP contribution in [0.5, 0.6) is 0 Å². The average molecular weight is 471 g/mol. The van der Waals surface area contributed by atoms with Crippen LogP contribution >= 0.6 is 0 Å². The molecule has 0 radical (unpaired) electrons. The standard InChI is InChI=1S/C27H30N6O2/c34-27(30-21-10-11-21)20-8-6-19(7-9-20)24-18-29-26-25(28-12-3-13-32-14-16-35-17-15-32)31-22-4-1-2-5-23(22)33(24)26/h1-2,4-9,18,21H,3,10-17H2,(H,28,31)(H,30,34). The first-order valence-corrected chi connectivity index (χ1v) is 12.5. The summed E-state index contributed by atoms with van der Waals surface area (Å²) in [7, 11) is 0. The van der Waals surface area contributed by atoms with Crippen LogP contribution in [0.25, 0.3) is 27.9 Å². The van der Waals surface area contributed by atoms with Crippen LogP contribution in [0.2, 0.25) is 0 Å². The van der Waals surface area contributed by atoms with Crippen molar-refractivity contribution < 1.29 is 9.53 Å². The summed E-state index contributed by atoms with van der Waals surface area (Å²) in [4.78, 5) is 24.5. The van der Waals surface area contributed by atoms with Gasteiger partial charge in [-0.1, -0.05) is 24.3 Å². The van der Waals surface area contributed by atoms with Gasteiger partial charge in [0.15, 0.2) is 11.5 Å². The van der Waals surface area contributed by atoms with E-state index in [1.807, 2.05) is 48.7 Å². The zero-order chi connectivity index (χ0) is 23.6. The molecule has 180 valence electrons. The van der Waals surface area contributed by atoms with Crippen LogP contribution in [0.1, 0.15) is 29.6 Å². The highest BCUT2D eigenvalue weighted by Crippen LogP contribution is 2.29. The van der Waals surface area contributed by atoms with Crippen LogP contribution in [0, 0.1) is 0 Å². The molecule has 1 saturated carbocycles. The third-order valence-corrected chi connectivity index (χ3v) is 6.73. The molecule has 0 spiro atoms. The van der Waals surface area contributed by atoms with Crippen LogP contribution in [-0.4, -0.2) is 70.6 Å². The largest absolute Gasteiger partial charge is 0.379 e. The highest BCUT2D eigenvalue weighted by Gasteiger charge is 2.24. The van der Waals surface area contributed by atoms with E-state index in [4.69, 9.17) is 14.7 Å². The van der Waals surface area contributed by atoms with Crippen molar-refractivity contribution in [2.45, 2.75) is 25.3 Å². The van der Waals surface area contributed by atoms with Gasteiger partial charge in [0.2, 0.25) is 0 Å². The molecule has 8 nitrogen and oxygen atoms in total. The summed E-state index contributed by atoms with van der Waals surface area (Å²) in [5.41, 5.74) is 5.39. The number of aromatic nitrogens is 3. The Labute approximate surface area is 204 Å². The highest BCUT2D eigenvalue weighted by molar-refractivity contribution is 5.95. The van der Waals surface area contributed by atoms with Gasteiger partial charge in [0.05, 0.1) is 36.1 Å². The van der Waals surface area contributed by atoms with Crippen molar-refractivity contribution in [3.63, 3.8) is 0 Å². The van der Waals surface area contributed by atoms with E-state index in [1.54, 1.807) is 0 Å². The maximum absolute atomic E-state index is 12.4. The molecule has 8 heteroatoms. The van der Waals surface area contributed by atoms with E-state index in [9.17, 15) is 4.79 Å². The molecule has 35 heavy (non-hydrogen) atoms. The number of fused-ring (bicyclic) bond motifs is 3. The molecule has 0 bridgehead atoms. The van der Waals surface area contributed by atoms with Crippen LogP contribution in [0.3, 0.4) is 0 Å². The summed E-state index contributed by atoms with van der Waals surface area (Å²) >= 11 is 0. The van der Waals surface area contributed by atoms with Gasteiger partial charge in [-0.05, 0) is 50.1 Å². The van der Waals surface area contributed by atoms with Crippen molar-refractivity contribution in [1.29, 1.82) is 0 Å². The van der Waals surface area contributed by atoms with E-state index in [0.717, 1.165) is 92.4 Å². The third-order valence-electron chi connectivity index (χ3n) is 6.73. The maximum Gasteiger partial charge on any atom is 0.251 e. The first kappa shape index (κ1) is 22.0. The van der Waals surface area contributed by atoms with Crippen LogP contribution in [0.15, 0.2) is 54.7 Å². The van der Waals surface area contributed by atoms with Crippen molar-refractivity contribution in [2.75, 3.05) is 44.7 Å². The fourth-order valence-corrected chi connectivity index (χ4v) is 4.63. The molecule has 2 aliphatic rings. The zero-order valence-corrected chi connectivity index (χ0v) is 19.7. The molecule has 2 N–H and O–H groups in total. The molecule has 0 atom stereocenters. The van der Waals surface area contributed by atoms with Crippen LogP contribution in [0.4, 0.5) is 5.82 Å². The van der Waals surface area contributed by atoms with E-state index in [0.29, 0.717) is 11.6 Å². The van der Waals surface area contributed by atoms with Gasteiger partial charge in [-0.3, -0.25) is 14.1 Å². The molecular formula is C27H30N6O2. The number of amides is 1. The lowest BCUT2D eigenvalue weighted by molar-refractivity contribution is 0.0378. The van der Waals surface area contributed by atoms with E-state index >= 15 is 0 Å². The van der Waals surface area contributed by atoms with Gasteiger partial charge in [0.25, 0.3) is 5.91 Å². The van der Waals surface area contributed by atoms with Crippen molar-refractivity contribution in [3.8, 4) is 11.3 Å². The van der Waals surface area contributed by atoms with E-state index in [2.05, 4.69) is 26.0 Å². The maximum atomic E-state index is 12.4. The molecular weight excluding hydrogens is 440 g/mol. The van der Waals surface area contributed by atoms with E-state index in [1.165, 1.54) is 0 Å². The minimum atomic E-state index is -0.00425. The number of carbonyl (C=O) groups excluding carboxylic acids is 1. The second kappa shape index (κ2) is 9.64. The molecule has 1 aliphatic heterocycles. The van der Waals surface area contributed by atoms with E-state index in [-0.39, 0.29) is 5.91 Å². The molecule has 1 aliphatic carbocycles. The van der Waals surface area contributed by atoms with Gasteiger partial charge in [-0.25, -0.2) is 9.97 Å². The highest BCUT2D eigenvalue weighted by atomic mass is 16.5. The molecule has 3 heterocycles. The molecule has 2 aromatic carbocycles. The van der Waals surface area contributed by atoms with Gasteiger partial charge < -0.3 is 15.4 Å². The van der Waals surface area contributed by atoms with Gasteiger partial charge in [-0.15, -0.1) is 0 Å². The number of anilines is 1. The Balaban J connectivity index is 1.26. The van der Waals surface area contributed by atoms with Crippen molar-refractivity contribution in [2.24, 2.45) is 0 Å². The predicted octanol–water partition coefficient (Wildman–Crippen LogP) is 3.58. The lowest BCUT2D eigenvalue weighted by Crippen LogP contribution is -2.37. The Kier molecular flexibility index (Phi) is 6.06. The number of benzene rings is 2. The van der Waals surface area contributed by atoms with Gasteiger partial charge >= 0.3 is 0 Å². The summed E-state index contributed by atoms with van der Waals surface area (Å²) in [5.74, 6) is 0.785.